The van der Waals surface area contributed by atoms with Crippen LogP contribution in [0.5, 0.6) is 0 Å². The van der Waals surface area contributed by atoms with E-state index >= 15 is 0 Å². The number of hydrogen-bond acceptors (Lipinski definition) is 2. The summed E-state index contributed by atoms with van der Waals surface area (Å²) in [5.41, 5.74) is -1.05. The molecule has 1 unspecified atom stereocenters. The fourth-order valence-electron chi connectivity index (χ4n) is 1.48. The summed E-state index contributed by atoms with van der Waals surface area (Å²) in [4.78, 5) is 0. The Morgan fingerprint density at radius 3 is 2.29 bits per heavy atom. The average Bonchev–Trinajstić information content (AvgIpc) is 2.15. The standard InChI is InChI=1S/C9H13F3O2/c1-6(9(10,11)12)8(13)7-2-4-14-5-3-7/h7-8,13H,1-5H2. The second-order valence-electron chi connectivity index (χ2n) is 3.42. The summed E-state index contributed by atoms with van der Waals surface area (Å²) in [6, 6.07) is 0. The lowest BCUT2D eigenvalue weighted by molar-refractivity contribution is -0.112. The van der Waals surface area contributed by atoms with Gasteiger partial charge in [-0.05, 0) is 18.8 Å². The normalized spacial score (nSPS) is 22.0. The number of alkyl halides is 3. The molecule has 0 radical (unpaired) electrons. The van der Waals surface area contributed by atoms with Gasteiger partial charge in [0.05, 0.1) is 11.7 Å². The van der Waals surface area contributed by atoms with Gasteiger partial charge in [-0.15, -0.1) is 0 Å². The Bertz CT molecular complexity index is 207. The van der Waals surface area contributed by atoms with Crippen molar-refractivity contribution >= 4 is 0 Å². The van der Waals surface area contributed by atoms with Gasteiger partial charge in [-0.1, -0.05) is 6.58 Å². The molecule has 0 aromatic rings. The Labute approximate surface area is 80.4 Å². The van der Waals surface area contributed by atoms with Gasteiger partial charge in [0.25, 0.3) is 0 Å². The molecule has 0 aromatic carbocycles. The molecular formula is C9H13F3O2. The average molecular weight is 210 g/mol. The van der Waals surface area contributed by atoms with E-state index in [0.717, 1.165) is 0 Å². The van der Waals surface area contributed by atoms with Crippen LogP contribution in [-0.4, -0.2) is 30.6 Å². The maximum Gasteiger partial charge on any atom is 0.414 e. The lowest BCUT2D eigenvalue weighted by atomic mass is 9.89. The summed E-state index contributed by atoms with van der Waals surface area (Å²) in [7, 11) is 0. The number of ether oxygens (including phenoxy) is 1. The molecule has 1 aliphatic heterocycles. The van der Waals surface area contributed by atoms with E-state index in [-0.39, 0.29) is 5.92 Å². The summed E-state index contributed by atoms with van der Waals surface area (Å²) < 4.78 is 41.5. The maximum atomic E-state index is 12.2. The van der Waals surface area contributed by atoms with Crippen LogP contribution in [0.2, 0.25) is 0 Å². The van der Waals surface area contributed by atoms with Crippen LogP contribution in [0.25, 0.3) is 0 Å². The second kappa shape index (κ2) is 4.31. The molecule has 14 heavy (non-hydrogen) atoms. The largest absolute Gasteiger partial charge is 0.414 e. The lowest BCUT2D eigenvalue weighted by Crippen LogP contribution is -2.33. The highest BCUT2D eigenvalue weighted by Gasteiger charge is 2.39. The van der Waals surface area contributed by atoms with Crippen LogP contribution < -0.4 is 0 Å². The minimum absolute atomic E-state index is 0.377. The fraction of sp³-hybridized carbons (Fsp3) is 0.778. The number of rotatable bonds is 2. The molecule has 1 N–H and O–H groups in total. The van der Waals surface area contributed by atoms with Crippen molar-refractivity contribution in [1.82, 2.24) is 0 Å². The van der Waals surface area contributed by atoms with E-state index in [0.29, 0.717) is 26.1 Å². The second-order valence-corrected chi connectivity index (χ2v) is 3.42. The van der Waals surface area contributed by atoms with Crippen LogP contribution >= 0.6 is 0 Å². The number of hydrogen-bond donors (Lipinski definition) is 1. The van der Waals surface area contributed by atoms with Crippen molar-refractivity contribution in [3.63, 3.8) is 0 Å². The predicted octanol–water partition coefficient (Wildman–Crippen LogP) is 1.89. The van der Waals surface area contributed by atoms with Gasteiger partial charge in [0.15, 0.2) is 0 Å². The first-order chi connectivity index (χ1) is 6.43. The molecule has 1 fully saturated rings. The number of aliphatic hydroxyl groups excluding tert-OH is 1. The van der Waals surface area contributed by atoms with Crippen LogP contribution in [0.4, 0.5) is 13.2 Å². The van der Waals surface area contributed by atoms with Crippen molar-refractivity contribution in [2.24, 2.45) is 5.92 Å². The van der Waals surface area contributed by atoms with Crippen molar-refractivity contribution in [2.75, 3.05) is 13.2 Å². The molecule has 0 bridgehead atoms. The third kappa shape index (κ3) is 2.72. The maximum absolute atomic E-state index is 12.2. The quantitative estimate of drug-likeness (QED) is 0.705. The van der Waals surface area contributed by atoms with Crippen LogP contribution in [0.1, 0.15) is 12.8 Å². The molecule has 0 amide bonds. The topological polar surface area (TPSA) is 29.5 Å². The number of halogens is 3. The Morgan fingerprint density at radius 1 is 1.36 bits per heavy atom. The predicted molar refractivity (Wildman–Crippen MR) is 44.7 cm³/mol. The first-order valence-corrected chi connectivity index (χ1v) is 4.44. The lowest BCUT2D eigenvalue weighted by Gasteiger charge is -2.28. The van der Waals surface area contributed by atoms with E-state index in [1.165, 1.54) is 0 Å². The molecule has 1 heterocycles. The van der Waals surface area contributed by atoms with Crippen molar-refractivity contribution in [2.45, 2.75) is 25.1 Å². The zero-order valence-corrected chi connectivity index (χ0v) is 7.68. The van der Waals surface area contributed by atoms with E-state index in [2.05, 4.69) is 6.58 Å². The zero-order valence-electron chi connectivity index (χ0n) is 7.68. The van der Waals surface area contributed by atoms with Crippen LogP contribution in [-0.2, 0) is 4.74 Å². The Hall–Kier alpha value is -0.550. The van der Waals surface area contributed by atoms with Crippen LogP contribution in [0, 0.1) is 5.92 Å². The van der Waals surface area contributed by atoms with Crippen molar-refractivity contribution in [3.05, 3.63) is 12.2 Å². The van der Waals surface area contributed by atoms with E-state index in [1.54, 1.807) is 0 Å². The zero-order chi connectivity index (χ0) is 10.8. The molecular weight excluding hydrogens is 197 g/mol. The number of aliphatic hydroxyl groups is 1. The first-order valence-electron chi connectivity index (χ1n) is 4.44. The third-order valence-corrected chi connectivity index (χ3v) is 2.43. The van der Waals surface area contributed by atoms with Gasteiger partial charge in [-0.3, -0.25) is 0 Å². The fourth-order valence-corrected chi connectivity index (χ4v) is 1.48. The highest BCUT2D eigenvalue weighted by Crippen LogP contribution is 2.32. The van der Waals surface area contributed by atoms with Crippen molar-refractivity contribution < 1.29 is 23.0 Å². The molecule has 0 spiro atoms. The highest BCUT2D eigenvalue weighted by atomic mass is 19.4. The van der Waals surface area contributed by atoms with Crippen LogP contribution in [0.15, 0.2) is 12.2 Å². The molecule has 82 valence electrons. The molecule has 0 aliphatic carbocycles. The van der Waals surface area contributed by atoms with Gasteiger partial charge >= 0.3 is 6.18 Å². The summed E-state index contributed by atoms with van der Waals surface area (Å²) in [5, 5.41) is 9.40. The van der Waals surface area contributed by atoms with E-state index in [1.807, 2.05) is 0 Å². The smallest absolute Gasteiger partial charge is 0.388 e. The summed E-state index contributed by atoms with van der Waals surface area (Å²) in [5.74, 6) is -0.377. The summed E-state index contributed by atoms with van der Waals surface area (Å²) >= 11 is 0. The van der Waals surface area contributed by atoms with Gasteiger partial charge in [-0.25, -0.2) is 0 Å². The van der Waals surface area contributed by atoms with Crippen molar-refractivity contribution in [3.8, 4) is 0 Å². The van der Waals surface area contributed by atoms with E-state index in [9.17, 15) is 18.3 Å². The third-order valence-electron chi connectivity index (χ3n) is 2.43. The molecule has 0 aromatic heterocycles. The Morgan fingerprint density at radius 2 is 1.86 bits per heavy atom. The SMILES string of the molecule is C=C(C(O)C1CCOCC1)C(F)(F)F. The molecule has 1 rings (SSSR count). The molecule has 1 aliphatic rings. The summed E-state index contributed by atoms with van der Waals surface area (Å²) in [6.07, 6.45) is -5.08. The monoisotopic (exact) mass is 210 g/mol. The van der Waals surface area contributed by atoms with Gasteiger partial charge < -0.3 is 9.84 Å². The van der Waals surface area contributed by atoms with Gasteiger partial charge in [-0.2, -0.15) is 13.2 Å². The van der Waals surface area contributed by atoms with Gasteiger partial charge in [0.2, 0.25) is 0 Å². The van der Waals surface area contributed by atoms with Crippen molar-refractivity contribution in [1.29, 1.82) is 0 Å². The Balaban J connectivity index is 2.55. The molecule has 5 heteroatoms. The first kappa shape index (κ1) is 11.5. The molecule has 2 nitrogen and oxygen atoms in total. The molecule has 0 saturated carbocycles. The molecule has 1 saturated heterocycles. The van der Waals surface area contributed by atoms with Gasteiger partial charge in [0, 0.05) is 13.2 Å². The molecule has 1 atom stereocenters. The van der Waals surface area contributed by atoms with Crippen LogP contribution in [0.3, 0.4) is 0 Å². The van der Waals surface area contributed by atoms with E-state index in [4.69, 9.17) is 4.74 Å². The minimum atomic E-state index is -4.50. The highest BCUT2D eigenvalue weighted by molar-refractivity contribution is 5.10. The van der Waals surface area contributed by atoms with E-state index < -0.39 is 17.9 Å². The minimum Gasteiger partial charge on any atom is -0.388 e. The van der Waals surface area contributed by atoms with Gasteiger partial charge in [0.1, 0.15) is 0 Å². The summed E-state index contributed by atoms with van der Waals surface area (Å²) in [6.45, 7) is 3.70. The Kier molecular flexibility index (Phi) is 3.55.